The Hall–Kier alpha value is -2.74. The van der Waals surface area contributed by atoms with Crippen molar-refractivity contribution in [1.29, 1.82) is 0 Å². The van der Waals surface area contributed by atoms with Crippen LogP contribution in [0.1, 0.15) is 0 Å². The van der Waals surface area contributed by atoms with Crippen molar-refractivity contribution >= 4 is 27.5 Å². The van der Waals surface area contributed by atoms with Crippen molar-refractivity contribution in [1.82, 2.24) is 4.57 Å². The van der Waals surface area contributed by atoms with Crippen molar-refractivity contribution in [2.45, 2.75) is 0 Å². The number of rotatable bonds is 2. The minimum atomic E-state index is 1.13. The van der Waals surface area contributed by atoms with Crippen molar-refractivity contribution in [3.05, 3.63) is 72.8 Å². The normalized spacial score (nSPS) is 11.1. The third-order valence-corrected chi connectivity index (χ3v) is 3.99. The molecule has 3 aromatic carbocycles. The zero-order chi connectivity index (χ0) is 14.2. The molecule has 0 fully saturated rings. The summed E-state index contributed by atoms with van der Waals surface area (Å²) in [6, 6.07) is 25.5. The van der Waals surface area contributed by atoms with E-state index in [9.17, 15) is 0 Å². The molecule has 2 heteroatoms. The minimum absolute atomic E-state index is 1.13. The summed E-state index contributed by atoms with van der Waals surface area (Å²) in [4.78, 5) is 0. The Morgan fingerprint density at radius 3 is 1.81 bits per heavy atom. The second-order valence-electron chi connectivity index (χ2n) is 5.14. The van der Waals surface area contributed by atoms with Crippen LogP contribution in [0.15, 0.2) is 72.8 Å². The van der Waals surface area contributed by atoms with E-state index >= 15 is 0 Å². The number of fused-ring (bicyclic) bond motifs is 3. The maximum absolute atomic E-state index is 3.29. The summed E-state index contributed by atoms with van der Waals surface area (Å²) in [5.41, 5.74) is 4.78. The minimum Gasteiger partial charge on any atom is -0.386 e. The first-order valence-corrected chi connectivity index (χ1v) is 7.15. The van der Waals surface area contributed by atoms with E-state index in [0.29, 0.717) is 0 Å². The lowest BCUT2D eigenvalue weighted by Gasteiger charge is -2.12. The molecule has 0 aliphatic rings. The van der Waals surface area contributed by atoms with Gasteiger partial charge in [0, 0.05) is 17.8 Å². The molecule has 0 spiro atoms. The van der Waals surface area contributed by atoms with Crippen molar-refractivity contribution < 1.29 is 0 Å². The first-order chi connectivity index (χ1) is 10.4. The molecule has 1 heterocycles. The van der Waals surface area contributed by atoms with Crippen LogP contribution in [0.4, 0.5) is 5.69 Å². The van der Waals surface area contributed by atoms with E-state index in [-0.39, 0.29) is 0 Å². The molecule has 0 aliphatic carbocycles. The molecule has 102 valence electrons. The first kappa shape index (κ1) is 12.0. The molecular formula is C19H16N2. The fourth-order valence-electron chi connectivity index (χ4n) is 3.06. The molecular weight excluding hydrogens is 256 g/mol. The van der Waals surface area contributed by atoms with Crippen LogP contribution in [0, 0.1) is 0 Å². The highest BCUT2D eigenvalue weighted by molar-refractivity contribution is 6.09. The van der Waals surface area contributed by atoms with Gasteiger partial charge in [-0.25, -0.2) is 0 Å². The summed E-state index contributed by atoms with van der Waals surface area (Å²) in [6.07, 6.45) is 0. The van der Waals surface area contributed by atoms with Crippen LogP contribution >= 0.6 is 0 Å². The van der Waals surface area contributed by atoms with E-state index in [1.165, 1.54) is 27.5 Å². The zero-order valence-corrected chi connectivity index (χ0v) is 11.9. The summed E-state index contributed by atoms with van der Waals surface area (Å²) >= 11 is 0. The Bertz CT molecular complexity index is 881. The van der Waals surface area contributed by atoms with Gasteiger partial charge in [-0.15, -0.1) is 0 Å². The molecule has 0 saturated heterocycles. The molecule has 1 N–H and O–H groups in total. The molecule has 1 aromatic heterocycles. The number of nitrogens with zero attached hydrogens (tertiary/aromatic N) is 1. The number of hydrogen-bond donors (Lipinski definition) is 1. The topological polar surface area (TPSA) is 17.0 Å². The van der Waals surface area contributed by atoms with Gasteiger partial charge in [-0.3, -0.25) is 0 Å². The molecule has 4 aromatic rings. The van der Waals surface area contributed by atoms with Gasteiger partial charge in [-0.1, -0.05) is 48.5 Å². The predicted molar refractivity (Wildman–Crippen MR) is 90.3 cm³/mol. The monoisotopic (exact) mass is 272 g/mol. The quantitative estimate of drug-likeness (QED) is 0.553. The highest BCUT2D eigenvalue weighted by Crippen LogP contribution is 2.33. The van der Waals surface area contributed by atoms with Crippen LogP contribution < -0.4 is 5.32 Å². The van der Waals surface area contributed by atoms with Crippen LogP contribution in [0.3, 0.4) is 0 Å². The first-order valence-electron chi connectivity index (χ1n) is 7.15. The van der Waals surface area contributed by atoms with Gasteiger partial charge in [-0.2, -0.15) is 0 Å². The molecule has 0 bridgehead atoms. The fraction of sp³-hybridized carbons (Fsp3) is 0.0526. The summed E-state index contributed by atoms with van der Waals surface area (Å²) < 4.78 is 2.33. The van der Waals surface area contributed by atoms with Crippen LogP contribution in [0.5, 0.6) is 0 Å². The SMILES string of the molecule is CNc1ccccc1-n1c2ccccc2c2ccccc21. The summed E-state index contributed by atoms with van der Waals surface area (Å²) in [7, 11) is 1.96. The van der Waals surface area contributed by atoms with Crippen LogP contribution in [0.25, 0.3) is 27.5 Å². The van der Waals surface area contributed by atoms with Crippen LogP contribution in [-0.2, 0) is 0 Å². The lowest BCUT2D eigenvalue weighted by atomic mass is 10.2. The number of aromatic nitrogens is 1. The summed E-state index contributed by atoms with van der Waals surface area (Å²) in [5, 5.41) is 5.87. The third-order valence-electron chi connectivity index (χ3n) is 3.99. The number of hydrogen-bond acceptors (Lipinski definition) is 1. The molecule has 21 heavy (non-hydrogen) atoms. The second-order valence-corrected chi connectivity index (χ2v) is 5.14. The predicted octanol–water partition coefficient (Wildman–Crippen LogP) is 4.83. The lowest BCUT2D eigenvalue weighted by molar-refractivity contribution is 1.18. The molecule has 2 nitrogen and oxygen atoms in total. The Kier molecular flexibility index (Phi) is 2.68. The Labute approximate surface area is 123 Å². The molecule has 0 atom stereocenters. The maximum Gasteiger partial charge on any atom is 0.0693 e. The van der Waals surface area contributed by atoms with E-state index in [0.717, 1.165) is 5.69 Å². The average Bonchev–Trinajstić information content (AvgIpc) is 2.89. The van der Waals surface area contributed by atoms with Gasteiger partial charge >= 0.3 is 0 Å². The van der Waals surface area contributed by atoms with Crippen LogP contribution in [0.2, 0.25) is 0 Å². The highest BCUT2D eigenvalue weighted by Gasteiger charge is 2.12. The summed E-state index contributed by atoms with van der Waals surface area (Å²) in [6.45, 7) is 0. The van der Waals surface area contributed by atoms with Gasteiger partial charge in [0.25, 0.3) is 0 Å². The van der Waals surface area contributed by atoms with Crippen molar-refractivity contribution in [2.75, 3.05) is 12.4 Å². The number of para-hydroxylation sites is 4. The lowest BCUT2D eigenvalue weighted by Crippen LogP contribution is -1.99. The third kappa shape index (κ3) is 1.73. The molecule has 0 amide bonds. The Morgan fingerprint density at radius 1 is 0.667 bits per heavy atom. The number of anilines is 1. The molecule has 4 rings (SSSR count). The van der Waals surface area contributed by atoms with Gasteiger partial charge in [0.2, 0.25) is 0 Å². The van der Waals surface area contributed by atoms with Gasteiger partial charge in [0.1, 0.15) is 0 Å². The fourth-order valence-corrected chi connectivity index (χ4v) is 3.06. The van der Waals surface area contributed by atoms with Gasteiger partial charge in [0.05, 0.1) is 22.4 Å². The van der Waals surface area contributed by atoms with Gasteiger partial charge in [-0.05, 0) is 24.3 Å². The molecule has 0 radical (unpaired) electrons. The Balaban J connectivity index is 2.20. The van der Waals surface area contributed by atoms with E-state index in [2.05, 4.69) is 82.7 Å². The summed E-state index contributed by atoms with van der Waals surface area (Å²) in [5.74, 6) is 0. The molecule has 0 aliphatic heterocycles. The maximum atomic E-state index is 3.29. The van der Waals surface area contributed by atoms with E-state index in [1.54, 1.807) is 0 Å². The van der Waals surface area contributed by atoms with Crippen molar-refractivity contribution in [3.63, 3.8) is 0 Å². The molecule has 0 unspecified atom stereocenters. The Morgan fingerprint density at radius 2 is 1.19 bits per heavy atom. The smallest absolute Gasteiger partial charge is 0.0693 e. The van der Waals surface area contributed by atoms with Crippen molar-refractivity contribution in [2.24, 2.45) is 0 Å². The zero-order valence-electron chi connectivity index (χ0n) is 11.9. The van der Waals surface area contributed by atoms with Crippen LogP contribution in [-0.4, -0.2) is 11.6 Å². The molecule has 0 saturated carbocycles. The second kappa shape index (κ2) is 4.67. The van der Waals surface area contributed by atoms with E-state index in [1.807, 2.05) is 7.05 Å². The van der Waals surface area contributed by atoms with E-state index in [4.69, 9.17) is 0 Å². The standard InChI is InChI=1S/C19H16N2/c1-20-16-10-4-7-13-19(16)21-17-11-5-2-8-14(17)15-9-3-6-12-18(15)21/h2-13,20H,1H3. The van der Waals surface area contributed by atoms with Gasteiger partial charge < -0.3 is 9.88 Å². The number of benzene rings is 3. The average molecular weight is 272 g/mol. The van der Waals surface area contributed by atoms with E-state index < -0.39 is 0 Å². The van der Waals surface area contributed by atoms with Crippen molar-refractivity contribution in [3.8, 4) is 5.69 Å². The highest BCUT2D eigenvalue weighted by atomic mass is 15.0. The number of nitrogens with one attached hydrogen (secondary N) is 1. The largest absolute Gasteiger partial charge is 0.386 e. The van der Waals surface area contributed by atoms with Gasteiger partial charge in [0.15, 0.2) is 0 Å².